The highest BCUT2D eigenvalue weighted by Gasteiger charge is 2.37. The first-order valence-electron chi connectivity index (χ1n) is 11.6. The summed E-state index contributed by atoms with van der Waals surface area (Å²) in [4.78, 5) is 19.7. The topological polar surface area (TPSA) is 89.3 Å². The lowest BCUT2D eigenvalue weighted by Crippen LogP contribution is -2.46. The van der Waals surface area contributed by atoms with Gasteiger partial charge in [-0.15, -0.1) is 0 Å². The fourth-order valence-corrected chi connectivity index (χ4v) is 4.94. The SMILES string of the molecule is O=C(N[C@@H]1CCC[C@@](S)(Nc2cc(C(F)(F)F)nc3ccccc23)C1)c1ccc(Oc2cccnc2)o1. The summed E-state index contributed by atoms with van der Waals surface area (Å²) >= 11 is 4.81. The van der Waals surface area contributed by atoms with Crippen LogP contribution < -0.4 is 15.4 Å². The summed E-state index contributed by atoms with van der Waals surface area (Å²) in [7, 11) is 0. The van der Waals surface area contributed by atoms with Gasteiger partial charge in [-0.1, -0.05) is 18.2 Å². The van der Waals surface area contributed by atoms with Gasteiger partial charge in [-0.3, -0.25) is 9.78 Å². The van der Waals surface area contributed by atoms with E-state index >= 15 is 0 Å². The molecule has 1 saturated carbocycles. The maximum atomic E-state index is 13.5. The second-order valence-corrected chi connectivity index (χ2v) is 9.76. The smallest absolute Gasteiger partial charge is 0.424 e. The first-order chi connectivity index (χ1) is 17.7. The second kappa shape index (κ2) is 9.97. The lowest BCUT2D eigenvalue weighted by atomic mass is 9.89. The van der Waals surface area contributed by atoms with Crippen LogP contribution in [-0.4, -0.2) is 26.8 Å². The third kappa shape index (κ3) is 5.82. The number of anilines is 1. The Labute approximate surface area is 215 Å². The number of ether oxygens (including phenoxy) is 1. The molecule has 1 fully saturated rings. The van der Waals surface area contributed by atoms with Crippen LogP contribution in [0.2, 0.25) is 0 Å². The summed E-state index contributed by atoms with van der Waals surface area (Å²) in [6.45, 7) is 0. The molecule has 3 aromatic heterocycles. The number of thiol groups is 1. The minimum absolute atomic E-state index is 0.0807. The first-order valence-corrected chi connectivity index (χ1v) is 12.1. The number of nitrogens with zero attached hydrogens (tertiary/aromatic N) is 2. The van der Waals surface area contributed by atoms with E-state index < -0.39 is 22.6 Å². The van der Waals surface area contributed by atoms with Gasteiger partial charge in [-0.25, -0.2) is 4.98 Å². The Morgan fingerprint density at radius 3 is 2.78 bits per heavy atom. The van der Waals surface area contributed by atoms with Crippen molar-refractivity contribution >= 4 is 35.1 Å². The zero-order valence-corrected chi connectivity index (χ0v) is 20.4. The van der Waals surface area contributed by atoms with Gasteiger partial charge < -0.3 is 19.8 Å². The van der Waals surface area contributed by atoms with Crippen molar-refractivity contribution in [2.45, 2.75) is 42.8 Å². The van der Waals surface area contributed by atoms with Crippen LogP contribution in [0.1, 0.15) is 41.9 Å². The van der Waals surface area contributed by atoms with E-state index in [4.69, 9.17) is 21.8 Å². The zero-order valence-electron chi connectivity index (χ0n) is 19.5. The number of aromatic nitrogens is 2. The number of benzene rings is 1. The number of carbonyl (C=O) groups is 1. The maximum absolute atomic E-state index is 13.5. The van der Waals surface area contributed by atoms with Crippen LogP contribution >= 0.6 is 12.6 Å². The number of pyridine rings is 2. The minimum Gasteiger partial charge on any atom is -0.424 e. The minimum atomic E-state index is -4.59. The quantitative estimate of drug-likeness (QED) is 0.197. The van der Waals surface area contributed by atoms with Gasteiger partial charge >= 0.3 is 6.18 Å². The van der Waals surface area contributed by atoms with Gasteiger partial charge in [0.05, 0.1) is 16.6 Å². The fourth-order valence-electron chi connectivity index (χ4n) is 4.44. The van der Waals surface area contributed by atoms with Gasteiger partial charge in [0.25, 0.3) is 11.9 Å². The Morgan fingerprint density at radius 1 is 1.16 bits per heavy atom. The van der Waals surface area contributed by atoms with E-state index in [1.807, 2.05) is 0 Å². The largest absolute Gasteiger partial charge is 0.433 e. The monoisotopic (exact) mass is 528 g/mol. The van der Waals surface area contributed by atoms with Crippen LogP contribution in [0.15, 0.2) is 71.4 Å². The molecule has 0 spiro atoms. The maximum Gasteiger partial charge on any atom is 0.433 e. The summed E-state index contributed by atoms with van der Waals surface area (Å²) < 4.78 is 51.5. The molecule has 1 aliphatic carbocycles. The number of alkyl halides is 3. The lowest BCUT2D eigenvalue weighted by Gasteiger charge is -2.39. The van der Waals surface area contributed by atoms with E-state index in [0.29, 0.717) is 42.5 Å². The van der Waals surface area contributed by atoms with E-state index in [2.05, 4.69) is 20.6 Å². The van der Waals surface area contributed by atoms with Crippen molar-refractivity contribution in [1.29, 1.82) is 0 Å². The molecule has 0 unspecified atom stereocenters. The molecule has 11 heteroatoms. The van der Waals surface area contributed by atoms with Crippen LogP contribution in [0.4, 0.5) is 18.9 Å². The molecule has 5 rings (SSSR count). The molecule has 1 amide bonds. The van der Waals surface area contributed by atoms with Gasteiger partial charge in [-0.05, 0) is 56.0 Å². The highest BCUT2D eigenvalue weighted by molar-refractivity contribution is 7.82. The summed E-state index contributed by atoms with van der Waals surface area (Å²) in [6, 6.07) is 13.9. The molecule has 0 bridgehead atoms. The lowest BCUT2D eigenvalue weighted by molar-refractivity contribution is -0.140. The number of amides is 1. The van der Waals surface area contributed by atoms with Crippen molar-refractivity contribution in [1.82, 2.24) is 15.3 Å². The highest BCUT2D eigenvalue weighted by Crippen LogP contribution is 2.39. The molecular formula is C26H23F3N4O3S. The molecular weight excluding hydrogens is 505 g/mol. The van der Waals surface area contributed by atoms with Crippen LogP contribution in [-0.2, 0) is 6.18 Å². The molecule has 7 nitrogen and oxygen atoms in total. The second-order valence-electron chi connectivity index (χ2n) is 8.90. The van der Waals surface area contributed by atoms with Crippen LogP contribution in [0.5, 0.6) is 11.7 Å². The van der Waals surface area contributed by atoms with E-state index in [1.54, 1.807) is 48.7 Å². The average molecular weight is 529 g/mol. The molecule has 192 valence electrons. The Morgan fingerprint density at radius 2 is 2.00 bits per heavy atom. The summed E-state index contributed by atoms with van der Waals surface area (Å²) in [6.07, 6.45) is 0.943. The number of hydrogen-bond acceptors (Lipinski definition) is 7. The number of para-hydroxylation sites is 1. The molecule has 1 aliphatic rings. The normalized spacial score (nSPS) is 19.9. The molecule has 2 N–H and O–H groups in total. The summed E-state index contributed by atoms with van der Waals surface area (Å²) in [5, 5.41) is 6.72. The Balaban J connectivity index is 1.29. The molecule has 4 aromatic rings. The standard InChI is InChI=1S/C26H23F3N4O3S/c27-26(28,29)22-13-20(18-7-1-2-8-19(18)32-22)33-25(37)11-3-5-16(14-25)31-24(34)21-9-10-23(36-21)35-17-6-4-12-30-15-17/h1-2,4,6-10,12-13,15-16,37H,3,5,11,14H2,(H,31,34)(H,32,33)/t16-,25+/m1/s1. The van der Waals surface area contributed by atoms with Crippen molar-refractivity contribution in [3.63, 3.8) is 0 Å². The Bertz CT molecular complexity index is 1410. The molecule has 2 atom stereocenters. The predicted octanol–water partition coefficient (Wildman–Crippen LogP) is 6.44. The Kier molecular flexibility index (Phi) is 6.72. The molecule has 0 saturated heterocycles. The molecule has 37 heavy (non-hydrogen) atoms. The number of furan rings is 1. The van der Waals surface area contributed by atoms with Gasteiger partial charge in [0, 0.05) is 29.4 Å². The number of hydrogen-bond donors (Lipinski definition) is 3. The third-order valence-corrected chi connectivity index (χ3v) is 6.61. The van der Waals surface area contributed by atoms with Crippen LogP contribution in [0, 0.1) is 0 Å². The van der Waals surface area contributed by atoms with Crippen molar-refractivity contribution in [2.24, 2.45) is 0 Å². The van der Waals surface area contributed by atoms with Gasteiger partial charge in [0.2, 0.25) is 0 Å². The number of rotatable bonds is 6. The number of halogens is 3. The predicted molar refractivity (Wildman–Crippen MR) is 135 cm³/mol. The van der Waals surface area contributed by atoms with Crippen LogP contribution in [0.25, 0.3) is 10.9 Å². The van der Waals surface area contributed by atoms with E-state index in [9.17, 15) is 18.0 Å². The van der Waals surface area contributed by atoms with Gasteiger partial charge in [0.15, 0.2) is 5.76 Å². The average Bonchev–Trinajstić information content (AvgIpc) is 3.32. The van der Waals surface area contributed by atoms with E-state index in [-0.39, 0.29) is 23.3 Å². The van der Waals surface area contributed by atoms with Crippen molar-refractivity contribution in [3.8, 4) is 11.7 Å². The summed E-state index contributed by atoms with van der Waals surface area (Å²) in [5.74, 6) is 0.283. The Hall–Kier alpha value is -3.73. The fraction of sp³-hybridized carbons (Fsp3) is 0.269. The van der Waals surface area contributed by atoms with Crippen molar-refractivity contribution in [3.05, 3.63) is 78.4 Å². The number of carbonyl (C=O) groups excluding carboxylic acids is 1. The summed E-state index contributed by atoms with van der Waals surface area (Å²) in [5.41, 5.74) is -0.448. The van der Waals surface area contributed by atoms with Crippen molar-refractivity contribution < 1.29 is 27.1 Å². The third-order valence-electron chi connectivity index (χ3n) is 6.09. The van der Waals surface area contributed by atoms with Gasteiger partial charge in [-0.2, -0.15) is 25.8 Å². The zero-order chi connectivity index (χ0) is 26.0. The highest BCUT2D eigenvalue weighted by atomic mass is 32.1. The molecule has 1 aromatic carbocycles. The number of fused-ring (bicyclic) bond motifs is 1. The molecule has 3 heterocycles. The first kappa shape index (κ1) is 24.9. The van der Waals surface area contributed by atoms with Gasteiger partial charge in [0.1, 0.15) is 11.4 Å². The van der Waals surface area contributed by atoms with E-state index in [0.717, 1.165) is 6.07 Å². The molecule has 0 radical (unpaired) electrons. The number of nitrogens with one attached hydrogen (secondary N) is 2. The van der Waals surface area contributed by atoms with Crippen LogP contribution in [0.3, 0.4) is 0 Å². The van der Waals surface area contributed by atoms with E-state index in [1.165, 1.54) is 12.3 Å². The molecule has 0 aliphatic heterocycles. The van der Waals surface area contributed by atoms with Crippen molar-refractivity contribution in [2.75, 3.05) is 5.32 Å².